The van der Waals surface area contributed by atoms with Gasteiger partial charge in [0.05, 0.1) is 11.5 Å². The van der Waals surface area contributed by atoms with E-state index in [0.29, 0.717) is 6.42 Å². The maximum atomic E-state index is 13.2. The van der Waals surface area contributed by atoms with Crippen molar-refractivity contribution in [2.75, 3.05) is 11.9 Å². The highest BCUT2D eigenvalue weighted by atomic mass is 19.1. The number of anilines is 1. The average molecular weight is 280 g/mol. The molecule has 0 aliphatic carbocycles. The molecule has 1 heterocycles. The van der Waals surface area contributed by atoms with E-state index in [1.807, 2.05) is 0 Å². The molecule has 2 amide bonds. The maximum Gasteiger partial charge on any atom is 0.338 e. The second-order valence-electron chi connectivity index (χ2n) is 4.53. The topological polar surface area (TPSA) is 95.5 Å². The number of benzene rings is 1. The number of halogens is 1. The molecule has 1 saturated heterocycles. The standard InChI is InChI=1S/C13H13FN2O4/c14-10-3-2-8(5-9(10)13(19)20)16-12(18)7-1-4-11(17)15-6-7/h2-3,5,7H,1,4,6H2,(H,15,17)(H,16,18)(H,19,20). The van der Waals surface area contributed by atoms with Crippen LogP contribution in [0.15, 0.2) is 18.2 Å². The van der Waals surface area contributed by atoms with E-state index in [-0.39, 0.29) is 36.4 Å². The van der Waals surface area contributed by atoms with E-state index in [2.05, 4.69) is 10.6 Å². The highest BCUT2D eigenvalue weighted by molar-refractivity contribution is 5.96. The Kier molecular flexibility index (Phi) is 3.97. The van der Waals surface area contributed by atoms with Gasteiger partial charge in [0.15, 0.2) is 0 Å². The zero-order chi connectivity index (χ0) is 14.7. The highest BCUT2D eigenvalue weighted by Gasteiger charge is 2.24. The molecule has 1 aliphatic heterocycles. The summed E-state index contributed by atoms with van der Waals surface area (Å²) in [7, 11) is 0. The number of hydrogen-bond acceptors (Lipinski definition) is 3. The summed E-state index contributed by atoms with van der Waals surface area (Å²) in [6.45, 7) is 0.248. The van der Waals surface area contributed by atoms with Crippen molar-refractivity contribution < 1.29 is 23.9 Å². The van der Waals surface area contributed by atoms with Gasteiger partial charge in [-0.1, -0.05) is 0 Å². The third-order valence-electron chi connectivity index (χ3n) is 3.10. The summed E-state index contributed by atoms with van der Waals surface area (Å²) in [6, 6.07) is 3.35. The lowest BCUT2D eigenvalue weighted by molar-refractivity contribution is -0.126. The molecule has 3 N–H and O–H groups in total. The smallest absolute Gasteiger partial charge is 0.338 e. The lowest BCUT2D eigenvalue weighted by atomic mass is 9.98. The molecule has 1 aromatic rings. The zero-order valence-corrected chi connectivity index (χ0v) is 10.5. The number of amides is 2. The van der Waals surface area contributed by atoms with Gasteiger partial charge in [0.25, 0.3) is 0 Å². The molecule has 1 fully saturated rings. The van der Waals surface area contributed by atoms with Crippen molar-refractivity contribution in [2.24, 2.45) is 5.92 Å². The molecule has 1 unspecified atom stereocenters. The maximum absolute atomic E-state index is 13.2. The van der Waals surface area contributed by atoms with E-state index >= 15 is 0 Å². The number of nitrogens with one attached hydrogen (secondary N) is 2. The fourth-order valence-electron chi connectivity index (χ4n) is 1.97. The Morgan fingerprint density at radius 2 is 2.15 bits per heavy atom. The summed E-state index contributed by atoms with van der Waals surface area (Å²) in [5.41, 5.74) is -0.287. The first-order chi connectivity index (χ1) is 9.47. The third kappa shape index (κ3) is 3.11. The first kappa shape index (κ1) is 14.0. The predicted molar refractivity (Wildman–Crippen MR) is 67.7 cm³/mol. The van der Waals surface area contributed by atoms with Gasteiger partial charge in [0.2, 0.25) is 11.8 Å². The van der Waals surface area contributed by atoms with Crippen LogP contribution in [0.4, 0.5) is 10.1 Å². The minimum atomic E-state index is -1.40. The van der Waals surface area contributed by atoms with E-state index in [1.54, 1.807) is 0 Å². The second-order valence-corrected chi connectivity index (χ2v) is 4.53. The SMILES string of the molecule is O=C1CCC(C(=O)Nc2ccc(F)c(C(=O)O)c2)CN1. The summed E-state index contributed by atoms with van der Waals surface area (Å²) in [4.78, 5) is 33.7. The minimum absolute atomic E-state index is 0.0935. The Balaban J connectivity index is 2.06. The average Bonchev–Trinajstić information content (AvgIpc) is 2.41. The summed E-state index contributed by atoms with van der Waals surface area (Å²) < 4.78 is 13.2. The number of carboxylic acids is 1. The number of carbonyl (C=O) groups excluding carboxylic acids is 2. The molecular formula is C13H13FN2O4. The molecular weight excluding hydrogens is 267 g/mol. The zero-order valence-electron chi connectivity index (χ0n) is 10.5. The van der Waals surface area contributed by atoms with Crippen LogP contribution < -0.4 is 10.6 Å². The fourth-order valence-corrected chi connectivity index (χ4v) is 1.97. The van der Waals surface area contributed by atoms with Gasteiger partial charge in [-0.05, 0) is 24.6 Å². The largest absolute Gasteiger partial charge is 0.478 e. The van der Waals surface area contributed by atoms with Crippen LogP contribution >= 0.6 is 0 Å². The number of piperidine rings is 1. The quantitative estimate of drug-likeness (QED) is 0.769. The number of carboxylic acid groups (broad SMARTS) is 1. The van der Waals surface area contributed by atoms with E-state index < -0.39 is 17.3 Å². The number of rotatable bonds is 3. The van der Waals surface area contributed by atoms with Crippen LogP contribution in [0.1, 0.15) is 23.2 Å². The lowest BCUT2D eigenvalue weighted by Gasteiger charge is -2.21. The van der Waals surface area contributed by atoms with E-state index in [9.17, 15) is 18.8 Å². The Labute approximate surface area is 114 Å². The molecule has 20 heavy (non-hydrogen) atoms. The van der Waals surface area contributed by atoms with Crippen LogP contribution in [0.2, 0.25) is 0 Å². The predicted octanol–water partition coefficient (Wildman–Crippen LogP) is 0.989. The molecule has 0 aromatic heterocycles. The first-order valence-electron chi connectivity index (χ1n) is 6.08. The van der Waals surface area contributed by atoms with Gasteiger partial charge in [0, 0.05) is 18.7 Å². The molecule has 2 rings (SSSR count). The van der Waals surface area contributed by atoms with Crippen LogP contribution in [0.5, 0.6) is 0 Å². The van der Waals surface area contributed by atoms with Crippen LogP contribution in [0, 0.1) is 11.7 Å². The Morgan fingerprint density at radius 1 is 1.40 bits per heavy atom. The summed E-state index contributed by atoms with van der Waals surface area (Å²) in [5, 5.41) is 13.9. The van der Waals surface area contributed by atoms with Gasteiger partial charge < -0.3 is 15.7 Å². The molecule has 1 aromatic carbocycles. The second kappa shape index (κ2) is 5.68. The number of hydrogen-bond donors (Lipinski definition) is 3. The van der Waals surface area contributed by atoms with Crippen LogP contribution in [-0.4, -0.2) is 29.4 Å². The van der Waals surface area contributed by atoms with E-state index in [4.69, 9.17) is 5.11 Å². The van der Waals surface area contributed by atoms with E-state index in [1.165, 1.54) is 6.07 Å². The summed E-state index contributed by atoms with van der Waals surface area (Å²) in [6.07, 6.45) is 0.715. The lowest BCUT2D eigenvalue weighted by Crippen LogP contribution is -2.40. The molecule has 0 bridgehead atoms. The van der Waals surface area contributed by atoms with Crippen LogP contribution in [-0.2, 0) is 9.59 Å². The fraction of sp³-hybridized carbons (Fsp3) is 0.308. The molecule has 6 nitrogen and oxygen atoms in total. The normalized spacial score (nSPS) is 18.2. The molecule has 106 valence electrons. The van der Waals surface area contributed by atoms with Crippen molar-refractivity contribution in [3.63, 3.8) is 0 Å². The molecule has 1 aliphatic rings. The number of carbonyl (C=O) groups is 3. The molecule has 0 spiro atoms. The summed E-state index contributed by atoms with van der Waals surface area (Å²) in [5.74, 6) is -3.05. The first-order valence-corrected chi connectivity index (χ1v) is 6.08. The summed E-state index contributed by atoms with van der Waals surface area (Å²) >= 11 is 0. The Hall–Kier alpha value is -2.44. The monoisotopic (exact) mass is 280 g/mol. The van der Waals surface area contributed by atoms with Crippen molar-refractivity contribution in [1.82, 2.24) is 5.32 Å². The Bertz CT molecular complexity index is 563. The third-order valence-corrected chi connectivity index (χ3v) is 3.10. The molecule has 7 heteroatoms. The highest BCUT2D eigenvalue weighted by Crippen LogP contribution is 2.18. The molecule has 0 radical (unpaired) electrons. The van der Waals surface area contributed by atoms with Crippen LogP contribution in [0.25, 0.3) is 0 Å². The Morgan fingerprint density at radius 3 is 2.75 bits per heavy atom. The van der Waals surface area contributed by atoms with Crippen molar-refractivity contribution in [1.29, 1.82) is 0 Å². The molecule has 0 saturated carbocycles. The van der Waals surface area contributed by atoms with Gasteiger partial charge >= 0.3 is 5.97 Å². The molecule has 1 atom stereocenters. The van der Waals surface area contributed by atoms with Gasteiger partial charge in [0.1, 0.15) is 5.82 Å². The van der Waals surface area contributed by atoms with Crippen LogP contribution in [0.3, 0.4) is 0 Å². The van der Waals surface area contributed by atoms with Gasteiger partial charge in [-0.2, -0.15) is 0 Å². The van der Waals surface area contributed by atoms with Crippen molar-refractivity contribution in [3.05, 3.63) is 29.6 Å². The van der Waals surface area contributed by atoms with Crippen molar-refractivity contribution in [2.45, 2.75) is 12.8 Å². The van der Waals surface area contributed by atoms with Crippen molar-refractivity contribution >= 4 is 23.5 Å². The van der Waals surface area contributed by atoms with Crippen molar-refractivity contribution in [3.8, 4) is 0 Å². The van der Waals surface area contributed by atoms with Gasteiger partial charge in [-0.3, -0.25) is 9.59 Å². The van der Waals surface area contributed by atoms with E-state index in [0.717, 1.165) is 12.1 Å². The van der Waals surface area contributed by atoms with Gasteiger partial charge in [-0.25, -0.2) is 9.18 Å². The van der Waals surface area contributed by atoms with Gasteiger partial charge in [-0.15, -0.1) is 0 Å². The number of aromatic carboxylic acids is 1. The minimum Gasteiger partial charge on any atom is -0.478 e.